The molecule has 0 spiro atoms. The fraction of sp³-hybridized carbons (Fsp3) is 0.857. The molecule has 0 saturated carbocycles. The first-order chi connectivity index (χ1) is 9.37. The summed E-state index contributed by atoms with van der Waals surface area (Å²) >= 11 is 0. The third kappa shape index (κ3) is 3.85. The first-order valence-electron chi connectivity index (χ1n) is 7.37. The highest BCUT2D eigenvalue weighted by molar-refractivity contribution is 5.82. The second-order valence-corrected chi connectivity index (χ2v) is 6.44. The number of carbonyl (C=O) groups is 2. The summed E-state index contributed by atoms with van der Waals surface area (Å²) in [5.41, 5.74) is -0.474. The van der Waals surface area contributed by atoms with Crippen LogP contribution in [0.15, 0.2) is 0 Å². The molecule has 0 bridgehead atoms. The standard InChI is InChI=1S/C14H25N3O3/c1-14(2,3)20-13(19)17-9-7-16(8-10-17)12(18)11-5-4-6-15-11/h11,15H,4-10H2,1-3H3/t11-/m1/s1. The van der Waals surface area contributed by atoms with Gasteiger partial charge in [0.2, 0.25) is 5.91 Å². The first-order valence-corrected chi connectivity index (χ1v) is 7.37. The minimum absolute atomic E-state index is 0.0249. The second-order valence-electron chi connectivity index (χ2n) is 6.44. The van der Waals surface area contributed by atoms with Crippen molar-refractivity contribution in [1.29, 1.82) is 0 Å². The van der Waals surface area contributed by atoms with E-state index in [0.29, 0.717) is 26.2 Å². The molecular formula is C14H25N3O3. The maximum Gasteiger partial charge on any atom is 0.410 e. The van der Waals surface area contributed by atoms with Gasteiger partial charge in [-0.2, -0.15) is 0 Å². The van der Waals surface area contributed by atoms with E-state index in [9.17, 15) is 9.59 Å². The van der Waals surface area contributed by atoms with Crippen LogP contribution in [-0.4, -0.2) is 66.2 Å². The molecule has 2 rings (SSSR count). The number of nitrogens with zero attached hydrogens (tertiary/aromatic N) is 2. The van der Waals surface area contributed by atoms with Gasteiger partial charge in [0.05, 0.1) is 6.04 Å². The Bertz CT molecular complexity index is 364. The summed E-state index contributed by atoms with van der Waals surface area (Å²) in [5, 5.41) is 3.22. The predicted octanol–water partition coefficient (Wildman–Crippen LogP) is 0.818. The molecule has 1 N–H and O–H groups in total. The Labute approximate surface area is 120 Å². The van der Waals surface area contributed by atoms with Crippen LogP contribution < -0.4 is 5.32 Å². The van der Waals surface area contributed by atoms with Gasteiger partial charge in [0.15, 0.2) is 0 Å². The molecule has 6 nitrogen and oxygen atoms in total. The maximum atomic E-state index is 12.2. The third-order valence-corrected chi connectivity index (χ3v) is 3.60. The summed E-state index contributed by atoms with van der Waals surface area (Å²) in [6.07, 6.45) is 1.70. The minimum atomic E-state index is -0.474. The molecule has 2 aliphatic heterocycles. The zero-order chi connectivity index (χ0) is 14.8. The van der Waals surface area contributed by atoms with Crippen molar-refractivity contribution in [3.8, 4) is 0 Å². The molecule has 0 aromatic carbocycles. The zero-order valence-corrected chi connectivity index (χ0v) is 12.6. The summed E-state index contributed by atoms with van der Waals surface area (Å²) in [6, 6.07) is -0.0249. The van der Waals surface area contributed by atoms with E-state index in [4.69, 9.17) is 4.74 Å². The van der Waals surface area contributed by atoms with Gasteiger partial charge in [-0.1, -0.05) is 0 Å². The van der Waals surface area contributed by atoms with Gasteiger partial charge >= 0.3 is 6.09 Å². The smallest absolute Gasteiger partial charge is 0.410 e. The van der Waals surface area contributed by atoms with E-state index < -0.39 is 5.60 Å². The Morgan fingerprint density at radius 3 is 2.20 bits per heavy atom. The number of hydrogen-bond donors (Lipinski definition) is 1. The van der Waals surface area contributed by atoms with Crippen LogP contribution in [0.2, 0.25) is 0 Å². The van der Waals surface area contributed by atoms with E-state index in [1.54, 1.807) is 4.90 Å². The van der Waals surface area contributed by atoms with Gasteiger partial charge in [-0.25, -0.2) is 4.79 Å². The number of hydrogen-bond acceptors (Lipinski definition) is 4. The topological polar surface area (TPSA) is 61.9 Å². The Morgan fingerprint density at radius 2 is 1.70 bits per heavy atom. The van der Waals surface area contributed by atoms with Crippen molar-refractivity contribution in [3.63, 3.8) is 0 Å². The van der Waals surface area contributed by atoms with Gasteiger partial charge < -0.3 is 19.9 Å². The number of amides is 2. The summed E-state index contributed by atoms with van der Waals surface area (Å²) in [7, 11) is 0. The molecule has 6 heteroatoms. The molecule has 2 amide bonds. The van der Waals surface area contributed by atoms with Gasteiger partial charge in [0.25, 0.3) is 0 Å². The number of ether oxygens (including phenoxy) is 1. The van der Waals surface area contributed by atoms with Gasteiger partial charge in [0.1, 0.15) is 5.60 Å². The molecule has 0 unspecified atom stereocenters. The van der Waals surface area contributed by atoms with Crippen molar-refractivity contribution in [2.45, 2.75) is 45.3 Å². The van der Waals surface area contributed by atoms with Crippen LogP contribution in [0, 0.1) is 0 Å². The summed E-state index contributed by atoms with van der Waals surface area (Å²) in [6.45, 7) is 8.78. The van der Waals surface area contributed by atoms with Crippen molar-refractivity contribution in [3.05, 3.63) is 0 Å². The van der Waals surface area contributed by atoms with E-state index >= 15 is 0 Å². The lowest BCUT2D eigenvalue weighted by Gasteiger charge is -2.36. The second kappa shape index (κ2) is 5.99. The predicted molar refractivity (Wildman–Crippen MR) is 75.4 cm³/mol. The molecule has 2 heterocycles. The van der Waals surface area contributed by atoms with Crippen LogP contribution in [0.4, 0.5) is 4.79 Å². The zero-order valence-electron chi connectivity index (χ0n) is 12.6. The van der Waals surface area contributed by atoms with Crippen LogP contribution in [0.3, 0.4) is 0 Å². The lowest BCUT2D eigenvalue weighted by Crippen LogP contribution is -2.54. The summed E-state index contributed by atoms with van der Waals surface area (Å²) in [4.78, 5) is 27.7. The first kappa shape index (κ1) is 15.1. The van der Waals surface area contributed by atoms with Crippen LogP contribution in [-0.2, 0) is 9.53 Å². The van der Waals surface area contributed by atoms with Crippen molar-refractivity contribution < 1.29 is 14.3 Å². The molecular weight excluding hydrogens is 258 g/mol. The molecule has 0 radical (unpaired) electrons. The lowest BCUT2D eigenvalue weighted by atomic mass is 10.2. The molecule has 2 aliphatic rings. The van der Waals surface area contributed by atoms with Crippen LogP contribution in [0.25, 0.3) is 0 Å². The fourth-order valence-electron chi connectivity index (χ4n) is 2.55. The summed E-state index contributed by atoms with van der Waals surface area (Å²) < 4.78 is 5.34. The van der Waals surface area contributed by atoms with E-state index in [-0.39, 0.29) is 18.0 Å². The van der Waals surface area contributed by atoms with Crippen LogP contribution >= 0.6 is 0 Å². The third-order valence-electron chi connectivity index (χ3n) is 3.60. The van der Waals surface area contributed by atoms with Crippen molar-refractivity contribution in [1.82, 2.24) is 15.1 Å². The molecule has 2 saturated heterocycles. The van der Waals surface area contributed by atoms with Gasteiger partial charge in [-0.15, -0.1) is 0 Å². The van der Waals surface area contributed by atoms with E-state index in [2.05, 4.69) is 5.32 Å². The average molecular weight is 283 g/mol. The molecule has 0 aliphatic carbocycles. The van der Waals surface area contributed by atoms with Crippen LogP contribution in [0.5, 0.6) is 0 Å². The van der Waals surface area contributed by atoms with Gasteiger partial charge in [0, 0.05) is 26.2 Å². The molecule has 0 aromatic rings. The average Bonchev–Trinajstić information content (AvgIpc) is 2.90. The van der Waals surface area contributed by atoms with Crippen LogP contribution in [0.1, 0.15) is 33.6 Å². The Hall–Kier alpha value is -1.30. The molecule has 114 valence electrons. The molecule has 1 atom stereocenters. The fourth-order valence-corrected chi connectivity index (χ4v) is 2.55. The van der Waals surface area contributed by atoms with Gasteiger partial charge in [-0.05, 0) is 40.2 Å². The highest BCUT2D eigenvalue weighted by Crippen LogP contribution is 2.14. The lowest BCUT2D eigenvalue weighted by molar-refractivity contribution is -0.134. The number of rotatable bonds is 1. The van der Waals surface area contributed by atoms with E-state index in [1.807, 2.05) is 25.7 Å². The van der Waals surface area contributed by atoms with Crippen molar-refractivity contribution in [2.75, 3.05) is 32.7 Å². The normalized spacial score (nSPS) is 23.9. The molecule has 20 heavy (non-hydrogen) atoms. The van der Waals surface area contributed by atoms with Crippen molar-refractivity contribution >= 4 is 12.0 Å². The monoisotopic (exact) mass is 283 g/mol. The Kier molecular flexibility index (Phi) is 4.52. The van der Waals surface area contributed by atoms with E-state index in [1.165, 1.54) is 0 Å². The summed E-state index contributed by atoms with van der Waals surface area (Å²) in [5.74, 6) is 0.173. The Morgan fingerprint density at radius 1 is 1.10 bits per heavy atom. The SMILES string of the molecule is CC(C)(C)OC(=O)N1CCN(C(=O)[C@H]2CCCN2)CC1. The largest absolute Gasteiger partial charge is 0.444 e. The number of carbonyl (C=O) groups excluding carboxylic acids is 2. The quantitative estimate of drug-likeness (QED) is 0.774. The Balaban J connectivity index is 1.80. The minimum Gasteiger partial charge on any atom is -0.444 e. The highest BCUT2D eigenvalue weighted by Gasteiger charge is 2.31. The van der Waals surface area contributed by atoms with Gasteiger partial charge in [-0.3, -0.25) is 4.79 Å². The highest BCUT2D eigenvalue weighted by atomic mass is 16.6. The maximum absolute atomic E-state index is 12.2. The number of nitrogens with one attached hydrogen (secondary N) is 1. The molecule has 0 aromatic heterocycles. The van der Waals surface area contributed by atoms with E-state index in [0.717, 1.165) is 19.4 Å². The van der Waals surface area contributed by atoms with Crippen molar-refractivity contribution in [2.24, 2.45) is 0 Å². The molecule has 2 fully saturated rings. The number of piperazine rings is 1.